The molecule has 1 amide bonds. The van der Waals surface area contributed by atoms with Crippen molar-refractivity contribution in [1.29, 1.82) is 0 Å². The molecule has 3 N–H and O–H groups in total. The molecule has 0 unspecified atom stereocenters. The number of thioether (sulfide) groups is 1. The molecule has 1 atom stereocenters. The molecule has 1 aromatic rings. The molecule has 5 nitrogen and oxygen atoms in total. The SMILES string of the molecule is NC(=O)CN1CCC[C@@]1(Sc1ccccc1)C(=O)O. The largest absolute Gasteiger partial charge is 0.479 e. The Labute approximate surface area is 115 Å². The average molecular weight is 280 g/mol. The van der Waals surface area contributed by atoms with Crippen molar-refractivity contribution in [2.24, 2.45) is 5.73 Å². The van der Waals surface area contributed by atoms with Crippen LogP contribution in [0.1, 0.15) is 12.8 Å². The van der Waals surface area contributed by atoms with Gasteiger partial charge >= 0.3 is 5.97 Å². The molecule has 6 heteroatoms. The number of primary amides is 1. The van der Waals surface area contributed by atoms with Crippen LogP contribution in [0.5, 0.6) is 0 Å². The number of aliphatic carboxylic acids is 1. The van der Waals surface area contributed by atoms with Gasteiger partial charge in [-0.1, -0.05) is 30.0 Å². The zero-order valence-corrected chi connectivity index (χ0v) is 11.2. The van der Waals surface area contributed by atoms with E-state index in [4.69, 9.17) is 5.73 Å². The smallest absolute Gasteiger partial charge is 0.335 e. The summed E-state index contributed by atoms with van der Waals surface area (Å²) in [5, 5.41) is 9.59. The van der Waals surface area contributed by atoms with Crippen LogP contribution >= 0.6 is 11.8 Å². The van der Waals surface area contributed by atoms with Gasteiger partial charge in [0.05, 0.1) is 6.54 Å². The van der Waals surface area contributed by atoms with Crippen molar-refractivity contribution in [3.8, 4) is 0 Å². The molecule has 1 aliphatic rings. The Hall–Kier alpha value is -1.53. The lowest BCUT2D eigenvalue weighted by molar-refractivity contribution is -0.144. The van der Waals surface area contributed by atoms with E-state index < -0.39 is 16.7 Å². The summed E-state index contributed by atoms with van der Waals surface area (Å²) in [6.45, 7) is 0.557. The minimum Gasteiger partial charge on any atom is -0.479 e. The number of carboxylic acid groups (broad SMARTS) is 1. The van der Waals surface area contributed by atoms with Crippen molar-refractivity contribution in [2.75, 3.05) is 13.1 Å². The van der Waals surface area contributed by atoms with Gasteiger partial charge in [-0.3, -0.25) is 9.69 Å². The summed E-state index contributed by atoms with van der Waals surface area (Å²) in [4.78, 5) is 24.3. The maximum absolute atomic E-state index is 11.7. The van der Waals surface area contributed by atoms with E-state index in [1.807, 2.05) is 30.3 Å². The molecule has 0 spiro atoms. The first-order chi connectivity index (χ1) is 9.04. The zero-order valence-electron chi connectivity index (χ0n) is 10.4. The quantitative estimate of drug-likeness (QED) is 0.845. The number of hydrogen-bond acceptors (Lipinski definition) is 4. The summed E-state index contributed by atoms with van der Waals surface area (Å²) in [6.07, 6.45) is 1.26. The summed E-state index contributed by atoms with van der Waals surface area (Å²) >= 11 is 1.28. The number of likely N-dealkylation sites (tertiary alicyclic amines) is 1. The van der Waals surface area contributed by atoms with E-state index >= 15 is 0 Å². The lowest BCUT2D eigenvalue weighted by atomic mass is 10.2. The van der Waals surface area contributed by atoms with Crippen molar-refractivity contribution in [1.82, 2.24) is 4.90 Å². The van der Waals surface area contributed by atoms with E-state index in [0.29, 0.717) is 13.0 Å². The molecule has 1 aliphatic heterocycles. The van der Waals surface area contributed by atoms with Gasteiger partial charge in [-0.25, -0.2) is 4.79 Å². The molecular formula is C13H16N2O3S. The Balaban J connectivity index is 2.27. The molecule has 2 rings (SSSR count). The van der Waals surface area contributed by atoms with Crippen LogP contribution in [0.3, 0.4) is 0 Å². The summed E-state index contributed by atoms with van der Waals surface area (Å²) in [5.41, 5.74) is 5.20. The van der Waals surface area contributed by atoms with Gasteiger partial charge in [-0.2, -0.15) is 0 Å². The fourth-order valence-corrected chi connectivity index (χ4v) is 3.63. The second-order valence-corrected chi connectivity index (χ2v) is 5.85. The molecule has 1 saturated heterocycles. The van der Waals surface area contributed by atoms with Gasteiger partial charge in [0.1, 0.15) is 0 Å². The van der Waals surface area contributed by atoms with Crippen molar-refractivity contribution < 1.29 is 14.7 Å². The van der Waals surface area contributed by atoms with Gasteiger partial charge in [0, 0.05) is 11.4 Å². The van der Waals surface area contributed by atoms with E-state index in [-0.39, 0.29) is 6.54 Å². The van der Waals surface area contributed by atoms with Gasteiger partial charge in [0.15, 0.2) is 4.87 Å². The summed E-state index contributed by atoms with van der Waals surface area (Å²) in [6, 6.07) is 9.36. The summed E-state index contributed by atoms with van der Waals surface area (Å²) in [5.74, 6) is -1.42. The van der Waals surface area contributed by atoms with E-state index in [9.17, 15) is 14.7 Å². The fraction of sp³-hybridized carbons (Fsp3) is 0.385. The van der Waals surface area contributed by atoms with Crippen LogP contribution in [0, 0.1) is 0 Å². The Bertz CT molecular complexity index is 480. The molecule has 0 bridgehead atoms. The number of nitrogens with zero attached hydrogens (tertiary/aromatic N) is 1. The average Bonchev–Trinajstić information content (AvgIpc) is 2.74. The minimum absolute atomic E-state index is 0.0217. The molecule has 19 heavy (non-hydrogen) atoms. The van der Waals surface area contributed by atoms with Crippen LogP contribution in [0.4, 0.5) is 0 Å². The fourth-order valence-electron chi connectivity index (χ4n) is 2.33. The Morgan fingerprint density at radius 1 is 1.37 bits per heavy atom. The third-order valence-electron chi connectivity index (χ3n) is 3.17. The van der Waals surface area contributed by atoms with Crippen LogP contribution in [0.2, 0.25) is 0 Å². The molecule has 1 fully saturated rings. The number of carbonyl (C=O) groups excluding carboxylic acids is 1. The number of benzene rings is 1. The predicted octanol–water partition coefficient (Wildman–Crippen LogP) is 1.14. The monoisotopic (exact) mass is 280 g/mol. The minimum atomic E-state index is -1.09. The van der Waals surface area contributed by atoms with Gasteiger partial charge < -0.3 is 10.8 Å². The first-order valence-electron chi connectivity index (χ1n) is 6.05. The molecule has 0 saturated carbocycles. The van der Waals surface area contributed by atoms with Gasteiger partial charge in [-0.15, -0.1) is 0 Å². The molecule has 0 aromatic heterocycles. The second-order valence-electron chi connectivity index (χ2n) is 4.50. The number of hydrogen-bond donors (Lipinski definition) is 2. The highest BCUT2D eigenvalue weighted by atomic mass is 32.2. The maximum atomic E-state index is 11.7. The zero-order chi connectivity index (χ0) is 13.9. The first-order valence-corrected chi connectivity index (χ1v) is 6.87. The molecular weight excluding hydrogens is 264 g/mol. The number of amides is 1. The van der Waals surface area contributed by atoms with Crippen LogP contribution in [0.15, 0.2) is 35.2 Å². The Morgan fingerprint density at radius 3 is 2.63 bits per heavy atom. The lowest BCUT2D eigenvalue weighted by Gasteiger charge is -2.33. The Morgan fingerprint density at radius 2 is 2.05 bits per heavy atom. The van der Waals surface area contributed by atoms with Crippen molar-refractivity contribution >= 4 is 23.6 Å². The van der Waals surface area contributed by atoms with Crippen LogP contribution in [-0.4, -0.2) is 39.8 Å². The van der Waals surface area contributed by atoms with Gasteiger partial charge in [0.25, 0.3) is 0 Å². The highest BCUT2D eigenvalue weighted by Crippen LogP contribution is 2.43. The molecule has 102 valence electrons. The highest BCUT2D eigenvalue weighted by Gasteiger charge is 2.49. The van der Waals surface area contributed by atoms with Crippen molar-refractivity contribution in [3.05, 3.63) is 30.3 Å². The van der Waals surface area contributed by atoms with E-state index in [1.165, 1.54) is 11.8 Å². The van der Waals surface area contributed by atoms with Crippen LogP contribution in [0.25, 0.3) is 0 Å². The summed E-state index contributed by atoms with van der Waals surface area (Å²) in [7, 11) is 0. The maximum Gasteiger partial charge on any atom is 0.335 e. The number of nitrogens with two attached hydrogens (primary N) is 1. The first kappa shape index (κ1) is 13.9. The van der Waals surface area contributed by atoms with Gasteiger partial charge in [-0.05, 0) is 25.0 Å². The molecule has 1 aromatic carbocycles. The highest BCUT2D eigenvalue weighted by molar-refractivity contribution is 8.01. The van der Waals surface area contributed by atoms with Gasteiger partial charge in [0.2, 0.25) is 5.91 Å². The van der Waals surface area contributed by atoms with E-state index in [0.717, 1.165) is 11.3 Å². The molecule has 1 heterocycles. The second kappa shape index (κ2) is 5.63. The molecule has 0 radical (unpaired) electrons. The third kappa shape index (κ3) is 2.90. The van der Waals surface area contributed by atoms with E-state index in [2.05, 4.69) is 0 Å². The topological polar surface area (TPSA) is 83.6 Å². The van der Waals surface area contributed by atoms with Crippen LogP contribution < -0.4 is 5.73 Å². The standard InChI is InChI=1S/C13H16N2O3S/c14-11(16)9-15-8-4-7-13(15,12(17)18)19-10-5-2-1-3-6-10/h1-3,5-6H,4,7-9H2,(H2,14,16)(H,17,18)/t13-/m1/s1. The summed E-state index contributed by atoms with van der Waals surface area (Å²) < 4.78 is 0. The third-order valence-corrected chi connectivity index (χ3v) is 4.65. The predicted molar refractivity (Wildman–Crippen MR) is 72.7 cm³/mol. The number of rotatable bonds is 5. The van der Waals surface area contributed by atoms with Crippen molar-refractivity contribution in [3.63, 3.8) is 0 Å². The Kier molecular flexibility index (Phi) is 4.11. The normalized spacial score (nSPS) is 23.4. The van der Waals surface area contributed by atoms with Crippen LogP contribution in [-0.2, 0) is 9.59 Å². The molecule has 0 aliphatic carbocycles. The number of carboxylic acids is 1. The lowest BCUT2D eigenvalue weighted by Crippen LogP contribution is -2.50. The van der Waals surface area contributed by atoms with E-state index in [1.54, 1.807) is 4.90 Å². The number of carbonyl (C=O) groups is 2. The van der Waals surface area contributed by atoms with Crippen molar-refractivity contribution in [2.45, 2.75) is 22.6 Å².